The number of ether oxygens (including phenoxy) is 9. The summed E-state index contributed by atoms with van der Waals surface area (Å²) in [7, 11) is 9.02. The molecule has 19 nitrogen and oxygen atoms in total. The lowest BCUT2D eigenvalue weighted by molar-refractivity contribution is 0.0396. The highest BCUT2D eigenvalue weighted by atomic mass is 79.9. The fourth-order valence-electron chi connectivity index (χ4n) is 10.4. The fraction of sp³-hybridized carbons (Fsp3) is 0.304. The SMILES string of the molecule is CCCOc1ccc(C(=O)CCC(=O)c2ccc(OC)c(-c3ccc(F)c(Br)c3)n2)cc1OC.CCCOc1ccc(C(=O)CCC(C)(O)c2ccc(OC)c(-c3ccc(F)c(Br)c3)n2)cc1OC.COc1cc(C(=O)CCC(C)(O)c2ccc(OC)c(-c3ccc(F)c(Br)c3)n2)ccc1OCCO. The molecule has 0 saturated heterocycles. The van der Waals surface area contributed by atoms with Crippen LogP contribution in [-0.2, 0) is 11.2 Å². The van der Waals surface area contributed by atoms with Crippen LogP contribution in [0, 0.1) is 17.5 Å². The van der Waals surface area contributed by atoms with E-state index in [9.17, 15) is 42.6 Å². The van der Waals surface area contributed by atoms with Crippen LogP contribution in [-0.4, -0.2) is 122 Å². The molecule has 0 aliphatic heterocycles. The minimum absolute atomic E-state index is 0.0128. The molecule has 9 rings (SSSR count). The van der Waals surface area contributed by atoms with Gasteiger partial charge < -0.3 is 58.0 Å². The van der Waals surface area contributed by atoms with E-state index in [0.717, 1.165) is 12.8 Å². The second kappa shape index (κ2) is 39.0. The van der Waals surface area contributed by atoms with Gasteiger partial charge in [-0.1, -0.05) is 13.8 Å². The van der Waals surface area contributed by atoms with E-state index in [4.69, 9.17) is 47.7 Å². The summed E-state index contributed by atoms with van der Waals surface area (Å²) in [4.78, 5) is 64.9. The molecule has 0 radical (unpaired) electrons. The number of nitrogens with zero attached hydrogens (tertiary/aromatic N) is 3. The lowest BCUT2D eigenvalue weighted by Crippen LogP contribution is -2.24. The van der Waals surface area contributed by atoms with Gasteiger partial charge in [-0.2, -0.15) is 0 Å². The zero-order chi connectivity index (χ0) is 75.8. The number of aliphatic hydroxyl groups excluding tert-OH is 1. The molecule has 0 fully saturated rings. The fourth-order valence-corrected chi connectivity index (χ4v) is 11.5. The number of Topliss-reactive ketones (excluding diaryl/α,β-unsaturated/α-hetero) is 4. The minimum Gasteiger partial charge on any atom is -0.494 e. The molecule has 0 amide bonds. The number of benzene rings is 6. The quantitative estimate of drug-likeness (QED) is 0.0323. The van der Waals surface area contributed by atoms with Gasteiger partial charge in [0.2, 0.25) is 0 Å². The van der Waals surface area contributed by atoms with E-state index < -0.39 is 28.7 Å². The van der Waals surface area contributed by atoms with Crippen molar-refractivity contribution in [2.24, 2.45) is 0 Å². The van der Waals surface area contributed by atoms with Crippen LogP contribution in [0.1, 0.15) is 132 Å². The number of pyridine rings is 3. The molecule has 2 unspecified atom stereocenters. The number of rotatable bonds is 33. The number of hydrogen-bond acceptors (Lipinski definition) is 19. The maximum Gasteiger partial charge on any atom is 0.181 e. The van der Waals surface area contributed by atoms with Crippen LogP contribution >= 0.6 is 47.8 Å². The smallest absolute Gasteiger partial charge is 0.181 e. The lowest BCUT2D eigenvalue weighted by Gasteiger charge is -2.24. The molecule has 0 spiro atoms. The van der Waals surface area contributed by atoms with Crippen LogP contribution in [0.25, 0.3) is 33.8 Å². The third kappa shape index (κ3) is 21.9. The Bertz CT molecular complexity index is 4300. The molecule has 0 bridgehead atoms. The van der Waals surface area contributed by atoms with Gasteiger partial charge in [0.15, 0.2) is 57.6 Å². The first-order valence-corrected chi connectivity index (χ1v) is 35.3. The van der Waals surface area contributed by atoms with Gasteiger partial charge in [0, 0.05) is 59.1 Å². The summed E-state index contributed by atoms with van der Waals surface area (Å²) in [5, 5.41) is 31.3. The first kappa shape index (κ1) is 82.1. The predicted octanol–water partition coefficient (Wildman–Crippen LogP) is 17.5. The summed E-state index contributed by atoms with van der Waals surface area (Å²) in [6.45, 7) is 8.28. The maximum atomic E-state index is 13.7. The monoisotopic (exact) mass is 1620 g/mol. The predicted molar refractivity (Wildman–Crippen MR) is 399 cm³/mol. The highest BCUT2D eigenvalue weighted by Crippen LogP contribution is 2.39. The van der Waals surface area contributed by atoms with Crippen molar-refractivity contribution in [3.8, 4) is 85.5 Å². The number of carbonyl (C=O) groups is 4. The van der Waals surface area contributed by atoms with Gasteiger partial charge in [-0.25, -0.2) is 28.1 Å². The van der Waals surface area contributed by atoms with E-state index in [1.807, 2.05) is 13.8 Å². The van der Waals surface area contributed by atoms with Crippen molar-refractivity contribution in [1.82, 2.24) is 15.0 Å². The molecule has 25 heteroatoms. The highest BCUT2D eigenvalue weighted by Gasteiger charge is 2.30. The summed E-state index contributed by atoms with van der Waals surface area (Å²) in [6, 6.07) is 38.1. The van der Waals surface area contributed by atoms with Gasteiger partial charge in [-0.3, -0.25) is 19.2 Å². The molecule has 0 aliphatic carbocycles. The second-order valence-electron chi connectivity index (χ2n) is 23.7. The van der Waals surface area contributed by atoms with Crippen LogP contribution in [0.4, 0.5) is 13.2 Å². The van der Waals surface area contributed by atoms with Crippen LogP contribution in [0.5, 0.6) is 51.7 Å². The normalized spacial score (nSPS) is 12.0. The molecule has 104 heavy (non-hydrogen) atoms. The largest absolute Gasteiger partial charge is 0.494 e. The number of aromatic nitrogens is 3. The number of aliphatic hydroxyl groups is 3. The average Bonchev–Trinajstić information content (AvgIpc) is 0.800. The van der Waals surface area contributed by atoms with Crippen LogP contribution < -0.4 is 42.6 Å². The number of methoxy groups -OCH3 is 6. The summed E-state index contributed by atoms with van der Waals surface area (Å²) in [5.74, 6) is 2.31. The molecule has 3 heterocycles. The van der Waals surface area contributed by atoms with Crippen molar-refractivity contribution < 1.29 is 90.3 Å². The minimum atomic E-state index is -1.41. The topological polar surface area (TPSA) is 251 Å². The molecule has 0 aliphatic rings. The van der Waals surface area contributed by atoms with Crippen molar-refractivity contribution >= 4 is 70.9 Å². The van der Waals surface area contributed by atoms with Crippen LogP contribution in [0.3, 0.4) is 0 Å². The molecule has 3 aromatic heterocycles. The van der Waals surface area contributed by atoms with E-state index in [1.54, 1.807) is 141 Å². The van der Waals surface area contributed by atoms with E-state index in [2.05, 4.69) is 62.7 Å². The molecule has 2 atom stereocenters. The van der Waals surface area contributed by atoms with E-state index in [0.29, 0.717) is 131 Å². The zero-order valence-electron chi connectivity index (χ0n) is 59.1. The van der Waals surface area contributed by atoms with Crippen molar-refractivity contribution in [3.63, 3.8) is 0 Å². The first-order valence-electron chi connectivity index (χ1n) is 32.9. The number of halogens is 6. The highest BCUT2D eigenvalue weighted by molar-refractivity contribution is 9.11. The van der Waals surface area contributed by atoms with E-state index in [-0.39, 0.29) is 89.5 Å². The summed E-state index contributed by atoms with van der Waals surface area (Å²) in [5.41, 5.74) is 2.60. The van der Waals surface area contributed by atoms with Crippen LogP contribution in [0.15, 0.2) is 159 Å². The molecule has 3 N–H and O–H groups in total. The Labute approximate surface area is 627 Å². The number of carbonyl (C=O) groups excluding carboxylic acids is 4. The third-order valence-electron chi connectivity index (χ3n) is 16.2. The van der Waals surface area contributed by atoms with Gasteiger partial charge >= 0.3 is 0 Å². The van der Waals surface area contributed by atoms with Gasteiger partial charge in [-0.05, 0) is 233 Å². The molecule has 6 aromatic carbocycles. The number of ketones is 4. The van der Waals surface area contributed by atoms with Crippen molar-refractivity contribution in [2.45, 2.75) is 90.3 Å². The summed E-state index contributed by atoms with van der Waals surface area (Å²) < 4.78 is 90.7. The zero-order valence-corrected chi connectivity index (χ0v) is 63.9. The van der Waals surface area contributed by atoms with Crippen molar-refractivity contribution in [2.75, 3.05) is 69.1 Å². The Kier molecular flexibility index (Phi) is 30.8. The number of hydrogen-bond donors (Lipinski definition) is 3. The summed E-state index contributed by atoms with van der Waals surface area (Å²) >= 11 is 9.53. The molecular weight excluding hydrogens is 1540 g/mol. The van der Waals surface area contributed by atoms with Crippen molar-refractivity contribution in [3.05, 3.63) is 210 Å². The Morgan fingerprint density at radius 3 is 1.02 bits per heavy atom. The molecule has 9 aromatic rings. The van der Waals surface area contributed by atoms with Gasteiger partial charge in [0.1, 0.15) is 75.3 Å². The average molecular weight is 1630 g/mol. The Morgan fingerprint density at radius 1 is 0.385 bits per heavy atom. The molecule has 0 saturated carbocycles. The third-order valence-corrected chi connectivity index (χ3v) is 18.0. The Hall–Kier alpha value is -9.24. The van der Waals surface area contributed by atoms with Crippen molar-refractivity contribution in [1.29, 1.82) is 0 Å². The van der Waals surface area contributed by atoms with Crippen LogP contribution in [0.2, 0.25) is 0 Å². The Morgan fingerprint density at radius 2 is 0.692 bits per heavy atom. The molecular formula is C79H81Br3F3N3O16. The Balaban J connectivity index is 0.000000218. The van der Waals surface area contributed by atoms with Gasteiger partial charge in [0.25, 0.3) is 0 Å². The lowest BCUT2D eigenvalue weighted by atomic mass is 9.92. The maximum absolute atomic E-state index is 13.7. The first-order chi connectivity index (χ1) is 49.8. The second-order valence-corrected chi connectivity index (χ2v) is 26.3. The van der Waals surface area contributed by atoms with Gasteiger partial charge in [0.05, 0.1) is 87.3 Å². The van der Waals surface area contributed by atoms with Gasteiger partial charge in [-0.15, -0.1) is 0 Å². The van der Waals surface area contributed by atoms with E-state index >= 15 is 0 Å². The van der Waals surface area contributed by atoms with E-state index in [1.165, 1.54) is 60.9 Å². The molecule has 550 valence electrons. The standard InChI is InChI=1S/C27H29BrFNO5.C26H27BrFNO6.C26H25BrFNO5/c1-5-14-35-22-9-7-17(16-24(22)34-4)21(31)12-13-27(2,32)25-11-10-23(33-3)26(30-25)18-6-8-20(29)19(28)15-18;1-26(32,11-10-20(31)16-5-7-21(35-13-12-30)23(15-16)34-3)24-9-8-22(33-2)25(29-24)17-4-6-19(28)18(27)14-17;1-4-13-34-23-11-6-16(15-25(23)33-3)21(30)9-10-22(31)20-8-12-24(32-2)26(29-20)17-5-7-19(28)18(27)14-17/h6-11,15-16,32H,5,12-14H2,1-4H3;4-9,14-15,30,32H,10-13H2,1-3H3;5-8,11-12,14-15H,4,9-10,13H2,1-3H3. The summed E-state index contributed by atoms with van der Waals surface area (Å²) in [6.07, 6.45) is 2.12.